The largest absolute Gasteiger partial charge is 0.381 e. The zero-order valence-electron chi connectivity index (χ0n) is 11.5. The molecular weight excluding hydrogens is 278 g/mol. The summed E-state index contributed by atoms with van der Waals surface area (Å²) < 4.78 is 11.6. The zero-order chi connectivity index (χ0) is 13.1. The summed E-state index contributed by atoms with van der Waals surface area (Å²) in [4.78, 5) is 0. The summed E-state index contributed by atoms with van der Waals surface area (Å²) >= 11 is 4.16. The minimum Gasteiger partial charge on any atom is -0.381 e. The molecule has 2 N–H and O–H groups in total. The van der Waals surface area contributed by atoms with Crippen molar-refractivity contribution in [1.29, 1.82) is 0 Å². The minimum absolute atomic E-state index is 0.0886. The fraction of sp³-hybridized carbons (Fsp3) is 1.00. The molecule has 0 bridgehead atoms. The second-order valence-corrected chi connectivity index (χ2v) is 8.46. The van der Waals surface area contributed by atoms with Gasteiger partial charge in [0.15, 0.2) is 0 Å². The molecule has 0 aliphatic carbocycles. The van der Waals surface area contributed by atoms with E-state index < -0.39 is 0 Å². The van der Waals surface area contributed by atoms with Crippen molar-refractivity contribution < 1.29 is 9.47 Å². The molecule has 3 aliphatic heterocycles. The standard InChI is InChI=1S/C14H25NO2S2/c15-13(12-10-18-7-8-19-12)11-1-4-17-14(9-11)2-5-16-6-3-14/h11-13H,1-10,15H2. The maximum absolute atomic E-state index is 6.59. The van der Waals surface area contributed by atoms with Gasteiger partial charge < -0.3 is 15.2 Å². The summed E-state index contributed by atoms with van der Waals surface area (Å²) in [5.41, 5.74) is 6.68. The van der Waals surface area contributed by atoms with Crippen molar-refractivity contribution in [3.05, 3.63) is 0 Å². The van der Waals surface area contributed by atoms with Crippen LogP contribution < -0.4 is 5.73 Å². The van der Waals surface area contributed by atoms with E-state index in [4.69, 9.17) is 15.2 Å². The Morgan fingerprint density at radius 2 is 2.00 bits per heavy atom. The number of nitrogens with two attached hydrogens (primary N) is 1. The lowest BCUT2D eigenvalue weighted by Crippen LogP contribution is -2.51. The Morgan fingerprint density at radius 1 is 1.16 bits per heavy atom. The lowest BCUT2D eigenvalue weighted by molar-refractivity contribution is -0.149. The maximum atomic E-state index is 6.59. The Labute approximate surface area is 124 Å². The summed E-state index contributed by atoms with van der Waals surface area (Å²) in [6, 6.07) is 0.349. The van der Waals surface area contributed by atoms with Crippen LogP contribution in [0.25, 0.3) is 0 Å². The summed E-state index contributed by atoms with van der Waals surface area (Å²) in [5, 5.41) is 0.652. The highest BCUT2D eigenvalue weighted by molar-refractivity contribution is 8.06. The third kappa shape index (κ3) is 3.43. The molecular formula is C14H25NO2S2. The first-order valence-electron chi connectivity index (χ1n) is 7.46. The van der Waals surface area contributed by atoms with Crippen LogP contribution in [0.5, 0.6) is 0 Å². The number of thioether (sulfide) groups is 2. The van der Waals surface area contributed by atoms with Crippen LogP contribution in [0, 0.1) is 5.92 Å². The van der Waals surface area contributed by atoms with Crippen LogP contribution in [-0.4, -0.2) is 54.0 Å². The van der Waals surface area contributed by atoms with Crippen molar-refractivity contribution in [3.63, 3.8) is 0 Å². The van der Waals surface area contributed by atoms with Gasteiger partial charge in [0, 0.05) is 48.4 Å². The highest BCUT2D eigenvalue weighted by Crippen LogP contribution is 2.40. The van der Waals surface area contributed by atoms with Gasteiger partial charge >= 0.3 is 0 Å². The maximum Gasteiger partial charge on any atom is 0.0729 e. The second-order valence-electron chi connectivity index (χ2n) is 5.96. The SMILES string of the molecule is NC(C1CCOC2(CCOCC2)C1)C1CSCCS1. The van der Waals surface area contributed by atoms with Gasteiger partial charge in [0.1, 0.15) is 0 Å². The zero-order valence-corrected chi connectivity index (χ0v) is 13.1. The molecule has 0 amide bonds. The van der Waals surface area contributed by atoms with E-state index in [1.54, 1.807) is 0 Å². The number of ether oxygens (including phenoxy) is 2. The first kappa shape index (κ1) is 14.5. The molecule has 0 saturated carbocycles. The third-order valence-electron chi connectivity index (χ3n) is 4.75. The Kier molecular flexibility index (Phi) is 5.01. The van der Waals surface area contributed by atoms with E-state index in [0.29, 0.717) is 17.2 Å². The molecule has 0 aromatic rings. The first-order chi connectivity index (χ1) is 9.29. The fourth-order valence-corrected chi connectivity index (χ4v) is 6.42. The van der Waals surface area contributed by atoms with Crippen molar-refractivity contribution in [2.24, 2.45) is 11.7 Å². The molecule has 3 atom stereocenters. The van der Waals surface area contributed by atoms with Crippen molar-refractivity contribution >= 4 is 23.5 Å². The fourth-order valence-electron chi connectivity index (χ4n) is 3.52. The molecule has 0 aromatic heterocycles. The lowest BCUT2D eigenvalue weighted by Gasteiger charge is -2.46. The van der Waals surface area contributed by atoms with Gasteiger partial charge in [-0.3, -0.25) is 0 Å². The number of hydrogen-bond donors (Lipinski definition) is 1. The summed E-state index contributed by atoms with van der Waals surface area (Å²) in [6.45, 7) is 2.61. The Bertz CT molecular complexity index is 286. The lowest BCUT2D eigenvalue weighted by atomic mass is 9.77. The van der Waals surface area contributed by atoms with Gasteiger partial charge in [-0.15, -0.1) is 0 Å². The average molecular weight is 303 g/mol. The Balaban J connectivity index is 1.60. The molecule has 3 nitrogen and oxygen atoms in total. The molecule has 3 saturated heterocycles. The van der Waals surface area contributed by atoms with Crippen LogP contribution in [0.2, 0.25) is 0 Å². The predicted molar refractivity (Wildman–Crippen MR) is 83.0 cm³/mol. The molecule has 110 valence electrons. The van der Waals surface area contributed by atoms with E-state index in [1.165, 1.54) is 17.3 Å². The topological polar surface area (TPSA) is 44.5 Å². The van der Waals surface area contributed by atoms with E-state index in [-0.39, 0.29) is 5.60 Å². The predicted octanol–water partition coefficient (Wildman–Crippen LogP) is 2.14. The number of hydrogen-bond acceptors (Lipinski definition) is 5. The Hall–Kier alpha value is 0.580. The van der Waals surface area contributed by atoms with Gasteiger partial charge in [-0.25, -0.2) is 0 Å². The highest BCUT2D eigenvalue weighted by Gasteiger charge is 2.42. The quantitative estimate of drug-likeness (QED) is 0.847. The third-order valence-corrected chi connectivity index (χ3v) is 7.66. The average Bonchev–Trinajstić information content (AvgIpc) is 2.48. The highest BCUT2D eigenvalue weighted by atomic mass is 32.2. The van der Waals surface area contributed by atoms with E-state index in [9.17, 15) is 0 Å². The summed E-state index contributed by atoms with van der Waals surface area (Å²) in [5.74, 6) is 4.44. The van der Waals surface area contributed by atoms with Crippen LogP contribution in [0.3, 0.4) is 0 Å². The normalized spacial score (nSPS) is 37.1. The van der Waals surface area contributed by atoms with Crippen molar-refractivity contribution in [3.8, 4) is 0 Å². The monoisotopic (exact) mass is 303 g/mol. The minimum atomic E-state index is 0.0886. The van der Waals surface area contributed by atoms with Crippen LogP contribution >= 0.6 is 23.5 Å². The second kappa shape index (κ2) is 6.56. The van der Waals surface area contributed by atoms with Gasteiger partial charge in [-0.2, -0.15) is 23.5 Å². The smallest absolute Gasteiger partial charge is 0.0729 e. The molecule has 19 heavy (non-hydrogen) atoms. The van der Waals surface area contributed by atoms with E-state index in [2.05, 4.69) is 23.5 Å². The molecule has 3 unspecified atom stereocenters. The molecule has 1 spiro atoms. The van der Waals surface area contributed by atoms with E-state index in [0.717, 1.165) is 45.5 Å². The van der Waals surface area contributed by atoms with Gasteiger partial charge in [0.25, 0.3) is 0 Å². The van der Waals surface area contributed by atoms with Gasteiger partial charge in [0.05, 0.1) is 5.60 Å². The summed E-state index contributed by atoms with van der Waals surface area (Å²) in [6.07, 6.45) is 4.41. The van der Waals surface area contributed by atoms with Gasteiger partial charge in [-0.1, -0.05) is 0 Å². The van der Waals surface area contributed by atoms with Crippen molar-refractivity contribution in [2.75, 3.05) is 37.1 Å². The van der Waals surface area contributed by atoms with Crippen molar-refractivity contribution in [2.45, 2.75) is 42.6 Å². The summed E-state index contributed by atoms with van der Waals surface area (Å²) in [7, 11) is 0. The number of rotatable bonds is 2. The van der Waals surface area contributed by atoms with Gasteiger partial charge in [0.2, 0.25) is 0 Å². The molecule has 0 aromatic carbocycles. The first-order valence-corrected chi connectivity index (χ1v) is 9.66. The molecule has 3 heterocycles. The Morgan fingerprint density at radius 3 is 2.74 bits per heavy atom. The molecule has 0 radical (unpaired) electrons. The van der Waals surface area contributed by atoms with Crippen molar-refractivity contribution in [1.82, 2.24) is 0 Å². The molecule has 3 fully saturated rings. The van der Waals surface area contributed by atoms with Crippen LogP contribution in [0.1, 0.15) is 25.7 Å². The van der Waals surface area contributed by atoms with Crippen LogP contribution in [-0.2, 0) is 9.47 Å². The van der Waals surface area contributed by atoms with E-state index >= 15 is 0 Å². The van der Waals surface area contributed by atoms with Crippen LogP contribution in [0.4, 0.5) is 0 Å². The van der Waals surface area contributed by atoms with Gasteiger partial charge in [-0.05, 0) is 31.6 Å². The van der Waals surface area contributed by atoms with Crippen LogP contribution in [0.15, 0.2) is 0 Å². The van der Waals surface area contributed by atoms with E-state index in [1.807, 2.05) is 0 Å². The molecule has 5 heteroatoms. The molecule has 3 rings (SSSR count). The molecule has 3 aliphatic rings.